The van der Waals surface area contributed by atoms with Crippen molar-refractivity contribution in [2.24, 2.45) is 12.0 Å². The van der Waals surface area contributed by atoms with E-state index in [9.17, 15) is 0 Å². The van der Waals surface area contributed by atoms with Crippen molar-refractivity contribution in [3.8, 4) is 0 Å². The summed E-state index contributed by atoms with van der Waals surface area (Å²) in [6.45, 7) is 3.61. The predicted octanol–water partition coefficient (Wildman–Crippen LogP) is 1.90. The highest BCUT2D eigenvalue weighted by molar-refractivity contribution is 14.0. The van der Waals surface area contributed by atoms with Crippen molar-refractivity contribution < 1.29 is 0 Å². The summed E-state index contributed by atoms with van der Waals surface area (Å²) in [7, 11) is 3.64. The molecule has 1 aromatic heterocycles. The first-order valence-corrected chi connectivity index (χ1v) is 7.58. The molecule has 23 heavy (non-hydrogen) atoms. The number of aliphatic imine (C=N–C) groups is 1. The number of hydrogen-bond donors (Lipinski definition) is 2. The molecule has 2 aromatic rings. The van der Waals surface area contributed by atoms with Gasteiger partial charge in [-0.05, 0) is 24.0 Å². The Bertz CT molecular complexity index is 605. The molecular weight excluding hydrogens is 403 g/mol. The molecule has 1 heterocycles. The molecule has 0 bridgehead atoms. The van der Waals surface area contributed by atoms with Crippen molar-refractivity contribution in [1.82, 2.24) is 25.4 Å². The average molecular weight is 428 g/mol. The molecule has 0 amide bonds. The summed E-state index contributed by atoms with van der Waals surface area (Å²) in [5.74, 6) is 1.64. The van der Waals surface area contributed by atoms with Gasteiger partial charge in [-0.25, -0.2) is 4.98 Å². The summed E-state index contributed by atoms with van der Waals surface area (Å²) in [5.41, 5.74) is 2.70. The van der Waals surface area contributed by atoms with Gasteiger partial charge in [0.05, 0.1) is 6.54 Å². The molecule has 7 heteroatoms. The summed E-state index contributed by atoms with van der Waals surface area (Å²) in [4.78, 5) is 8.39. The molecule has 0 spiro atoms. The number of aromatic nitrogens is 3. The molecule has 0 saturated carbocycles. The van der Waals surface area contributed by atoms with Crippen LogP contribution in [0.1, 0.15) is 23.9 Å². The third-order valence-electron chi connectivity index (χ3n) is 3.58. The molecule has 2 rings (SSSR count). The second kappa shape index (κ2) is 10.2. The van der Waals surface area contributed by atoms with Crippen molar-refractivity contribution in [3.63, 3.8) is 0 Å². The first kappa shape index (κ1) is 19.4. The maximum atomic E-state index is 4.21. The smallest absolute Gasteiger partial charge is 0.191 e. The van der Waals surface area contributed by atoms with Crippen LogP contribution in [0.25, 0.3) is 0 Å². The van der Waals surface area contributed by atoms with Crippen molar-refractivity contribution in [3.05, 3.63) is 47.5 Å². The molecule has 0 atom stereocenters. The van der Waals surface area contributed by atoms with Crippen molar-refractivity contribution >= 4 is 29.9 Å². The second-order valence-electron chi connectivity index (χ2n) is 5.07. The van der Waals surface area contributed by atoms with E-state index >= 15 is 0 Å². The van der Waals surface area contributed by atoms with Gasteiger partial charge in [0.15, 0.2) is 5.96 Å². The molecular formula is C16H25IN6. The number of guanidine groups is 1. The fraction of sp³-hybridized carbons (Fsp3) is 0.438. The lowest BCUT2D eigenvalue weighted by Gasteiger charge is -2.11. The number of aryl methyl sites for hydroxylation is 2. The highest BCUT2D eigenvalue weighted by atomic mass is 127. The Morgan fingerprint density at radius 1 is 1.17 bits per heavy atom. The lowest BCUT2D eigenvalue weighted by Crippen LogP contribution is -2.38. The van der Waals surface area contributed by atoms with Gasteiger partial charge in [0.25, 0.3) is 0 Å². The molecule has 1 aromatic carbocycles. The third-order valence-corrected chi connectivity index (χ3v) is 3.58. The molecule has 6 nitrogen and oxygen atoms in total. The largest absolute Gasteiger partial charge is 0.356 e. The minimum absolute atomic E-state index is 0. The maximum Gasteiger partial charge on any atom is 0.191 e. The first-order valence-electron chi connectivity index (χ1n) is 7.58. The van der Waals surface area contributed by atoms with Gasteiger partial charge in [-0.2, -0.15) is 5.10 Å². The zero-order valence-electron chi connectivity index (χ0n) is 13.9. The van der Waals surface area contributed by atoms with E-state index < -0.39 is 0 Å². The van der Waals surface area contributed by atoms with Gasteiger partial charge in [-0.3, -0.25) is 9.67 Å². The molecule has 0 radical (unpaired) electrons. The van der Waals surface area contributed by atoms with E-state index in [1.54, 1.807) is 18.1 Å². The van der Waals surface area contributed by atoms with Crippen LogP contribution in [0.15, 0.2) is 35.6 Å². The summed E-state index contributed by atoms with van der Waals surface area (Å²) in [6, 6.07) is 8.76. The second-order valence-corrected chi connectivity index (χ2v) is 5.07. The predicted molar refractivity (Wildman–Crippen MR) is 104 cm³/mol. The van der Waals surface area contributed by atoms with Crippen LogP contribution in [-0.2, 0) is 26.4 Å². The summed E-state index contributed by atoms with van der Waals surface area (Å²) in [5, 5.41) is 10.6. The highest BCUT2D eigenvalue weighted by Gasteiger charge is 2.02. The van der Waals surface area contributed by atoms with Crippen molar-refractivity contribution in [1.29, 1.82) is 0 Å². The van der Waals surface area contributed by atoms with Crippen LogP contribution in [-0.4, -0.2) is 34.3 Å². The van der Waals surface area contributed by atoms with E-state index in [4.69, 9.17) is 0 Å². The number of rotatable bonds is 6. The molecule has 0 saturated heterocycles. The van der Waals surface area contributed by atoms with Crippen molar-refractivity contribution in [2.75, 3.05) is 13.6 Å². The van der Waals surface area contributed by atoms with Gasteiger partial charge >= 0.3 is 0 Å². The van der Waals surface area contributed by atoms with Crippen LogP contribution in [0.5, 0.6) is 0 Å². The average Bonchev–Trinajstić information content (AvgIpc) is 2.96. The zero-order valence-corrected chi connectivity index (χ0v) is 16.2. The van der Waals surface area contributed by atoms with E-state index in [2.05, 4.69) is 56.9 Å². The van der Waals surface area contributed by atoms with E-state index in [-0.39, 0.29) is 24.0 Å². The van der Waals surface area contributed by atoms with Gasteiger partial charge in [0, 0.05) is 20.6 Å². The number of nitrogens with zero attached hydrogens (tertiary/aromatic N) is 4. The van der Waals surface area contributed by atoms with Crippen molar-refractivity contribution in [2.45, 2.75) is 26.3 Å². The molecule has 0 aliphatic rings. The SMILES string of the molecule is CCc1ccc(CCNC(=NC)NCc2ncnn2C)cc1.I. The van der Waals surface area contributed by atoms with Crippen LogP contribution in [0.4, 0.5) is 0 Å². The van der Waals surface area contributed by atoms with Gasteiger partial charge in [0.1, 0.15) is 12.2 Å². The third kappa shape index (κ3) is 6.17. The van der Waals surface area contributed by atoms with Gasteiger partial charge in [0.2, 0.25) is 0 Å². The molecule has 0 fully saturated rings. The molecule has 0 aliphatic heterocycles. The number of hydrogen-bond acceptors (Lipinski definition) is 3. The minimum atomic E-state index is 0. The number of halogens is 1. The van der Waals surface area contributed by atoms with E-state index in [0.717, 1.165) is 31.2 Å². The fourth-order valence-electron chi connectivity index (χ4n) is 2.13. The summed E-state index contributed by atoms with van der Waals surface area (Å²) < 4.78 is 1.75. The number of benzene rings is 1. The normalized spacial score (nSPS) is 11.0. The van der Waals surface area contributed by atoms with Crippen LogP contribution >= 0.6 is 24.0 Å². The fourth-order valence-corrected chi connectivity index (χ4v) is 2.13. The van der Waals surface area contributed by atoms with Crippen LogP contribution < -0.4 is 10.6 Å². The summed E-state index contributed by atoms with van der Waals surface area (Å²) >= 11 is 0. The topological polar surface area (TPSA) is 67.1 Å². The first-order chi connectivity index (χ1) is 10.7. The molecule has 0 unspecified atom stereocenters. The Hall–Kier alpha value is -1.64. The van der Waals surface area contributed by atoms with Gasteiger partial charge in [-0.1, -0.05) is 31.2 Å². The van der Waals surface area contributed by atoms with Gasteiger partial charge < -0.3 is 10.6 Å². The number of nitrogens with one attached hydrogen (secondary N) is 2. The van der Waals surface area contributed by atoms with E-state index in [0.29, 0.717) is 6.54 Å². The quantitative estimate of drug-likeness (QED) is 0.419. The van der Waals surface area contributed by atoms with Crippen LogP contribution in [0, 0.1) is 0 Å². The monoisotopic (exact) mass is 428 g/mol. The standard InChI is InChI=1S/C16H24N6.HI/c1-4-13-5-7-14(8-6-13)9-10-18-16(17-2)19-11-15-20-12-21-22(15)3;/h5-8,12H,4,9-11H2,1-3H3,(H2,17,18,19);1H. The highest BCUT2D eigenvalue weighted by Crippen LogP contribution is 2.05. The Morgan fingerprint density at radius 2 is 1.87 bits per heavy atom. The summed E-state index contributed by atoms with van der Waals surface area (Å²) in [6.07, 6.45) is 3.60. The van der Waals surface area contributed by atoms with Gasteiger partial charge in [-0.15, -0.1) is 24.0 Å². The lowest BCUT2D eigenvalue weighted by molar-refractivity contribution is 0.672. The van der Waals surface area contributed by atoms with Crippen LogP contribution in [0.3, 0.4) is 0 Å². The molecule has 0 aliphatic carbocycles. The Kier molecular flexibility index (Phi) is 8.60. The lowest BCUT2D eigenvalue weighted by atomic mass is 10.1. The molecule has 126 valence electrons. The van der Waals surface area contributed by atoms with E-state index in [1.165, 1.54) is 11.1 Å². The minimum Gasteiger partial charge on any atom is -0.356 e. The Balaban J connectivity index is 0.00000264. The Labute approximate surface area is 154 Å². The maximum absolute atomic E-state index is 4.21. The van der Waals surface area contributed by atoms with Crippen LogP contribution in [0.2, 0.25) is 0 Å². The molecule has 2 N–H and O–H groups in total. The zero-order chi connectivity index (χ0) is 15.8. The van der Waals surface area contributed by atoms with E-state index in [1.807, 2.05) is 7.05 Å². The Morgan fingerprint density at radius 3 is 2.43 bits per heavy atom.